The quantitative estimate of drug-likeness (QED) is 0.131. The van der Waals surface area contributed by atoms with Gasteiger partial charge < -0.3 is 14.7 Å². The topological polar surface area (TPSA) is 96.5 Å². The second-order valence-corrected chi connectivity index (χ2v) is 20.2. The number of ether oxygens (including phenoxy) is 1. The van der Waals surface area contributed by atoms with E-state index in [1.54, 1.807) is 0 Å². The van der Waals surface area contributed by atoms with Gasteiger partial charge in [-0.2, -0.15) is 0 Å². The molecule has 3 aliphatic rings. The van der Waals surface area contributed by atoms with Crippen molar-refractivity contribution >= 4 is 70.6 Å². The van der Waals surface area contributed by atoms with Crippen LogP contribution < -0.4 is 0 Å². The minimum atomic E-state index is -1.30. The average molecular weight is 692 g/mol. The number of hydrogen-bond acceptors (Lipinski definition) is 5. The van der Waals surface area contributed by atoms with Crippen LogP contribution in [-0.2, 0) is 4.74 Å². The van der Waals surface area contributed by atoms with Crippen LogP contribution in [0.15, 0.2) is 72.8 Å². The van der Waals surface area contributed by atoms with Crippen molar-refractivity contribution in [3.05, 3.63) is 113 Å². The monoisotopic (exact) mass is 691 g/mol. The van der Waals surface area contributed by atoms with Crippen molar-refractivity contribution in [1.82, 2.24) is 24.9 Å². The Bertz CT molecular complexity index is 2390. The molecule has 1 aromatic carbocycles. The van der Waals surface area contributed by atoms with Gasteiger partial charge in [-0.05, 0) is 133 Å². The van der Waals surface area contributed by atoms with E-state index < -0.39 is 8.07 Å². The first kappa shape index (κ1) is 34.1. The summed E-state index contributed by atoms with van der Waals surface area (Å²) in [6, 6.07) is 25.4. The van der Waals surface area contributed by atoms with E-state index in [1.807, 2.05) is 30.3 Å². The van der Waals surface area contributed by atoms with Crippen molar-refractivity contribution in [3.8, 4) is 11.1 Å². The van der Waals surface area contributed by atoms with Crippen molar-refractivity contribution in [2.75, 3.05) is 6.61 Å². The van der Waals surface area contributed by atoms with E-state index in [9.17, 15) is 4.79 Å². The van der Waals surface area contributed by atoms with Gasteiger partial charge in [-0.15, -0.1) is 0 Å². The fourth-order valence-corrected chi connectivity index (χ4v) is 7.55. The van der Waals surface area contributed by atoms with Crippen molar-refractivity contribution in [2.45, 2.75) is 66.2 Å². The number of H-pyrrole nitrogens is 2. The summed E-state index contributed by atoms with van der Waals surface area (Å²) in [5.74, 6) is -0.293. The zero-order chi connectivity index (χ0) is 35.9. The van der Waals surface area contributed by atoms with Crippen molar-refractivity contribution in [2.24, 2.45) is 0 Å². The number of rotatable bonds is 7. The zero-order valence-corrected chi connectivity index (χ0v) is 31.6. The molecule has 8 heteroatoms. The van der Waals surface area contributed by atoms with Crippen molar-refractivity contribution in [1.29, 1.82) is 0 Å². The van der Waals surface area contributed by atoms with Crippen LogP contribution in [0, 0.1) is 0 Å². The molecule has 258 valence electrons. The van der Waals surface area contributed by atoms with Crippen molar-refractivity contribution < 1.29 is 9.53 Å². The molecule has 0 atom stereocenters. The molecule has 0 unspecified atom stereocenters. The number of fused-ring (bicyclic) bond motifs is 10. The number of carbonyl (C=O) groups is 1. The molecule has 2 N–H and O–H groups in total. The third-order valence-corrected chi connectivity index (χ3v) is 11.5. The molecule has 0 radical (unpaired) electrons. The Balaban J connectivity index is 1.43. The molecule has 6 heterocycles. The summed E-state index contributed by atoms with van der Waals surface area (Å²) >= 11 is 0. The molecule has 3 aliphatic heterocycles. The summed E-state index contributed by atoms with van der Waals surface area (Å²) in [4.78, 5) is 35.4. The highest BCUT2D eigenvalue weighted by Gasteiger charge is 2.19. The number of allylic oxidation sites excluding steroid dienone is 4. The first-order valence-electron chi connectivity index (χ1n) is 17.9. The maximum Gasteiger partial charge on any atom is 0.338 e. The van der Waals surface area contributed by atoms with Gasteiger partial charge in [-0.3, -0.25) is 0 Å². The van der Waals surface area contributed by atoms with Crippen LogP contribution in [-0.4, -0.2) is 45.6 Å². The molecule has 3 aromatic heterocycles. The van der Waals surface area contributed by atoms with Crippen LogP contribution >= 0.6 is 0 Å². The third kappa shape index (κ3) is 7.14. The zero-order valence-electron chi connectivity index (χ0n) is 30.6. The SMILES string of the molecule is CCC1=C(C)c2cc3nc(c(-c4ccc(C(=O)OCC[Si](C)(C)C)cc4)c4ccc(cc5nc(cc6ccc(cc1n2)[nH]6)C(CC)=C5C)[nH]4)C=C3. The van der Waals surface area contributed by atoms with Crippen LogP contribution in [0.1, 0.15) is 85.1 Å². The normalized spacial score (nSPS) is 13.5. The maximum atomic E-state index is 12.9. The van der Waals surface area contributed by atoms with Gasteiger partial charge in [-0.25, -0.2) is 19.7 Å². The summed E-state index contributed by atoms with van der Waals surface area (Å²) in [6.45, 7) is 15.9. The van der Waals surface area contributed by atoms with Crippen LogP contribution in [0.5, 0.6) is 0 Å². The Morgan fingerprint density at radius 1 is 0.686 bits per heavy atom. The molecule has 7 rings (SSSR count). The lowest BCUT2D eigenvalue weighted by Gasteiger charge is -2.15. The Kier molecular flexibility index (Phi) is 9.20. The number of aromatic nitrogens is 5. The van der Waals surface area contributed by atoms with E-state index in [1.165, 1.54) is 16.7 Å². The molecule has 7 nitrogen and oxygen atoms in total. The molecular weight excluding hydrogens is 647 g/mol. The summed E-state index contributed by atoms with van der Waals surface area (Å²) in [6.07, 6.45) is 5.86. The first-order valence-corrected chi connectivity index (χ1v) is 21.6. The predicted octanol–water partition coefficient (Wildman–Crippen LogP) is 11.2. The van der Waals surface area contributed by atoms with Gasteiger partial charge in [0.1, 0.15) is 0 Å². The molecule has 51 heavy (non-hydrogen) atoms. The second-order valence-electron chi connectivity index (χ2n) is 14.6. The number of aromatic amines is 2. The van der Waals surface area contributed by atoms with E-state index in [4.69, 9.17) is 19.7 Å². The maximum absolute atomic E-state index is 12.9. The number of benzene rings is 1. The number of nitrogens with one attached hydrogen (secondary N) is 2. The first-order chi connectivity index (χ1) is 24.5. The Labute approximate surface area is 300 Å². The summed E-state index contributed by atoms with van der Waals surface area (Å²) in [5.41, 5.74) is 16.6. The van der Waals surface area contributed by atoms with Crippen LogP contribution in [0.25, 0.3) is 67.6 Å². The molecule has 4 aromatic rings. The minimum absolute atomic E-state index is 0.293. The largest absolute Gasteiger partial charge is 0.462 e. The Hall–Kier alpha value is -5.34. The van der Waals surface area contributed by atoms with Gasteiger partial charge in [0.15, 0.2) is 0 Å². The lowest BCUT2D eigenvalue weighted by atomic mass is 10.0. The smallest absolute Gasteiger partial charge is 0.338 e. The molecule has 0 amide bonds. The molecular formula is C43H45N5O2Si. The second kappa shape index (κ2) is 13.8. The summed E-state index contributed by atoms with van der Waals surface area (Å²) in [7, 11) is -1.30. The predicted molar refractivity (Wildman–Crippen MR) is 215 cm³/mol. The number of hydrogen-bond donors (Lipinski definition) is 2. The molecule has 0 spiro atoms. The fourth-order valence-electron chi connectivity index (χ4n) is 6.84. The van der Waals surface area contributed by atoms with E-state index in [0.717, 1.165) is 91.8 Å². The Morgan fingerprint density at radius 3 is 1.86 bits per heavy atom. The van der Waals surface area contributed by atoms with Gasteiger partial charge >= 0.3 is 5.97 Å². The number of esters is 1. The van der Waals surface area contributed by atoms with E-state index in [-0.39, 0.29) is 5.97 Å². The standard InChI is InChI=1S/C43H45N5O2Si/c1-8-34-26(3)38-22-32-16-18-36(45-32)42(28-10-12-29(13-11-28)43(49)50-20-21-51(5,6)7)37-19-17-33(46-37)23-39-27(4)35(9-2)41(48-39)25-31-15-14-30(44-31)24-40(34)47-38/h10-19,22-25,44-45H,8-9,20-21H2,1-7H3. The lowest BCUT2D eigenvalue weighted by Crippen LogP contribution is -2.22. The minimum Gasteiger partial charge on any atom is -0.462 e. The summed E-state index contributed by atoms with van der Waals surface area (Å²) in [5, 5.41) is 0. The van der Waals surface area contributed by atoms with Gasteiger partial charge in [-0.1, -0.05) is 45.6 Å². The number of carbonyl (C=O) groups excluding carboxylic acids is 1. The molecule has 10 bridgehead atoms. The third-order valence-electron chi connectivity index (χ3n) is 9.76. The van der Waals surface area contributed by atoms with Gasteiger partial charge in [0.25, 0.3) is 0 Å². The molecule has 0 saturated heterocycles. The van der Waals surface area contributed by atoms with E-state index in [2.05, 4.69) is 112 Å². The van der Waals surface area contributed by atoms with Gasteiger partial charge in [0, 0.05) is 35.7 Å². The van der Waals surface area contributed by atoms with Crippen LogP contribution in [0.3, 0.4) is 0 Å². The highest BCUT2D eigenvalue weighted by molar-refractivity contribution is 6.76. The van der Waals surface area contributed by atoms with Gasteiger partial charge in [0.05, 0.1) is 46.3 Å². The molecule has 0 aliphatic carbocycles. The highest BCUT2D eigenvalue weighted by atomic mass is 28.3. The number of nitrogens with zero attached hydrogens (tertiary/aromatic N) is 3. The lowest BCUT2D eigenvalue weighted by molar-refractivity contribution is 0.0525. The average Bonchev–Trinajstić information content (AvgIpc) is 3.93. The summed E-state index contributed by atoms with van der Waals surface area (Å²) < 4.78 is 5.63. The molecule has 0 saturated carbocycles. The fraction of sp³-hybridized carbons (Fsp3) is 0.256. The Morgan fingerprint density at radius 2 is 1.25 bits per heavy atom. The van der Waals surface area contributed by atoms with Crippen LogP contribution in [0.4, 0.5) is 0 Å². The van der Waals surface area contributed by atoms with Crippen molar-refractivity contribution in [3.63, 3.8) is 0 Å². The van der Waals surface area contributed by atoms with Gasteiger partial charge in [0.2, 0.25) is 0 Å². The van der Waals surface area contributed by atoms with E-state index in [0.29, 0.717) is 12.2 Å². The van der Waals surface area contributed by atoms with Crippen LogP contribution in [0.2, 0.25) is 25.7 Å². The van der Waals surface area contributed by atoms with E-state index >= 15 is 0 Å². The molecule has 0 fully saturated rings. The highest BCUT2D eigenvalue weighted by Crippen LogP contribution is 2.35.